The molecule has 0 aliphatic carbocycles. The summed E-state index contributed by atoms with van der Waals surface area (Å²) in [7, 11) is 1.52. The summed E-state index contributed by atoms with van der Waals surface area (Å²) in [5.74, 6) is 0.374. The number of rotatable bonds is 7. The number of halogens is 2. The molecule has 0 radical (unpaired) electrons. The first-order chi connectivity index (χ1) is 17.7. The summed E-state index contributed by atoms with van der Waals surface area (Å²) in [6.07, 6.45) is 1.76. The van der Waals surface area contributed by atoms with Crippen LogP contribution in [0, 0.1) is 17.4 Å². The summed E-state index contributed by atoms with van der Waals surface area (Å²) in [6.45, 7) is 3.68. The predicted octanol–water partition coefficient (Wildman–Crippen LogP) is 6.48. The van der Waals surface area contributed by atoms with Crippen molar-refractivity contribution in [1.82, 2.24) is 5.32 Å². The number of amidine groups is 1. The Hall–Kier alpha value is -3.02. The van der Waals surface area contributed by atoms with Gasteiger partial charge in [-0.25, -0.2) is 4.99 Å². The van der Waals surface area contributed by atoms with E-state index in [2.05, 4.69) is 38.2 Å². The number of ether oxygens (including phenoxy) is 2. The Morgan fingerprint density at radius 2 is 1.95 bits per heavy atom. The second-order valence-electron chi connectivity index (χ2n) is 8.10. The van der Waals surface area contributed by atoms with Crippen molar-refractivity contribution in [3.63, 3.8) is 0 Å². The molecule has 2 amide bonds. The van der Waals surface area contributed by atoms with E-state index >= 15 is 0 Å². The number of amides is 2. The number of hydrogen-bond donors (Lipinski definition) is 2. The molecule has 0 spiro atoms. The highest BCUT2D eigenvalue weighted by Gasteiger charge is 2.24. The molecule has 10 heteroatoms. The number of carbonyl (C=O) groups excluding carboxylic acids is 2. The number of aryl methyl sites for hydroxylation is 1. The highest BCUT2D eigenvalue weighted by atomic mass is 127. The van der Waals surface area contributed by atoms with E-state index in [4.69, 9.17) is 21.1 Å². The minimum Gasteiger partial charge on any atom is -0.493 e. The van der Waals surface area contributed by atoms with Crippen molar-refractivity contribution >= 4 is 80.4 Å². The topological polar surface area (TPSA) is 89.0 Å². The number of nitrogens with one attached hydrogen (secondary N) is 2. The van der Waals surface area contributed by atoms with Crippen LogP contribution in [0.2, 0.25) is 5.02 Å². The van der Waals surface area contributed by atoms with Crippen LogP contribution in [0.25, 0.3) is 6.08 Å². The normalized spacial score (nSPS) is 15.1. The molecule has 1 fully saturated rings. The van der Waals surface area contributed by atoms with Gasteiger partial charge in [-0.15, -0.1) is 0 Å². The number of methoxy groups -OCH3 is 1. The van der Waals surface area contributed by atoms with Gasteiger partial charge in [-0.1, -0.05) is 35.4 Å². The SMILES string of the molecule is COc1cc(/C=C2/SC(=Nc3cccc(Cl)c3C)NC2=O)cc(I)c1OCC(=O)Nc1ccc(C)cc1. The molecule has 190 valence electrons. The van der Waals surface area contributed by atoms with E-state index < -0.39 is 0 Å². The maximum atomic E-state index is 12.6. The number of thioether (sulfide) groups is 1. The molecule has 7 nitrogen and oxygen atoms in total. The fourth-order valence-corrected chi connectivity index (χ4v) is 5.18. The maximum Gasteiger partial charge on any atom is 0.264 e. The van der Waals surface area contributed by atoms with E-state index in [1.165, 1.54) is 18.9 Å². The van der Waals surface area contributed by atoms with E-state index in [1.54, 1.807) is 18.2 Å². The Morgan fingerprint density at radius 1 is 1.19 bits per heavy atom. The lowest BCUT2D eigenvalue weighted by molar-refractivity contribution is -0.118. The van der Waals surface area contributed by atoms with Gasteiger partial charge < -0.3 is 20.1 Å². The Morgan fingerprint density at radius 3 is 2.68 bits per heavy atom. The zero-order chi connectivity index (χ0) is 26.5. The van der Waals surface area contributed by atoms with Crippen molar-refractivity contribution in [3.05, 3.63) is 84.8 Å². The molecule has 4 rings (SSSR count). The van der Waals surface area contributed by atoms with Crippen LogP contribution in [0.1, 0.15) is 16.7 Å². The van der Waals surface area contributed by atoms with Gasteiger partial charge in [0.15, 0.2) is 23.3 Å². The molecule has 0 atom stereocenters. The molecule has 0 saturated carbocycles. The number of carbonyl (C=O) groups is 2. The van der Waals surface area contributed by atoms with Crippen LogP contribution in [-0.4, -0.2) is 30.7 Å². The van der Waals surface area contributed by atoms with Crippen molar-refractivity contribution in [2.45, 2.75) is 13.8 Å². The lowest BCUT2D eigenvalue weighted by Crippen LogP contribution is -2.20. The van der Waals surface area contributed by atoms with Gasteiger partial charge in [-0.3, -0.25) is 9.59 Å². The lowest BCUT2D eigenvalue weighted by atomic mass is 10.2. The standard InChI is InChI=1S/C27H23ClIN3O4S/c1-15-7-9-18(10-8-15)30-24(33)14-36-25-20(29)11-17(12-22(25)35-3)13-23-26(34)32-27(37-23)31-21-6-4-5-19(28)16(21)2/h4-13H,14H2,1-3H3,(H,30,33)(H,31,32,34)/b23-13+. The molecule has 0 aromatic heterocycles. The Kier molecular flexibility index (Phi) is 8.78. The van der Waals surface area contributed by atoms with Gasteiger partial charge in [-0.05, 0) is 102 Å². The minimum absolute atomic E-state index is 0.179. The number of anilines is 1. The van der Waals surface area contributed by atoms with E-state index in [-0.39, 0.29) is 18.4 Å². The molecule has 0 unspecified atom stereocenters. The van der Waals surface area contributed by atoms with Crippen LogP contribution >= 0.6 is 46.0 Å². The summed E-state index contributed by atoms with van der Waals surface area (Å²) in [6, 6.07) is 16.6. The molecule has 1 heterocycles. The Balaban J connectivity index is 1.47. The molecule has 0 bridgehead atoms. The summed E-state index contributed by atoms with van der Waals surface area (Å²) in [5.41, 5.74) is 4.09. The summed E-state index contributed by atoms with van der Waals surface area (Å²) in [5, 5.41) is 6.69. The zero-order valence-corrected chi connectivity index (χ0v) is 24.0. The van der Waals surface area contributed by atoms with Crippen LogP contribution in [0.3, 0.4) is 0 Å². The van der Waals surface area contributed by atoms with Crippen LogP contribution in [0.15, 0.2) is 64.5 Å². The molecule has 2 N–H and O–H groups in total. The van der Waals surface area contributed by atoms with E-state index in [1.807, 2.05) is 56.3 Å². The Labute approximate surface area is 237 Å². The second kappa shape index (κ2) is 12.0. The van der Waals surface area contributed by atoms with Gasteiger partial charge in [-0.2, -0.15) is 0 Å². The third-order valence-corrected chi connectivity index (χ3v) is 7.47. The molecule has 3 aromatic rings. The first-order valence-corrected chi connectivity index (χ1v) is 13.4. The maximum absolute atomic E-state index is 12.6. The average Bonchev–Trinajstić information content (AvgIpc) is 3.20. The van der Waals surface area contributed by atoms with Crippen LogP contribution in [-0.2, 0) is 9.59 Å². The number of hydrogen-bond acceptors (Lipinski definition) is 6. The molecular weight excluding hydrogens is 625 g/mol. The fourth-order valence-electron chi connectivity index (χ4n) is 3.39. The summed E-state index contributed by atoms with van der Waals surface area (Å²) < 4.78 is 12.0. The van der Waals surface area contributed by atoms with Gasteiger partial charge in [0, 0.05) is 10.7 Å². The first-order valence-electron chi connectivity index (χ1n) is 11.1. The quantitative estimate of drug-likeness (QED) is 0.227. The average molecular weight is 648 g/mol. The van der Waals surface area contributed by atoms with Crippen molar-refractivity contribution in [1.29, 1.82) is 0 Å². The highest BCUT2D eigenvalue weighted by molar-refractivity contribution is 14.1. The molecule has 1 aliphatic heterocycles. The molecular formula is C27H23ClIN3O4S. The van der Waals surface area contributed by atoms with Crippen molar-refractivity contribution in [3.8, 4) is 11.5 Å². The summed E-state index contributed by atoms with van der Waals surface area (Å²) in [4.78, 5) is 30.0. The number of benzene rings is 3. The predicted molar refractivity (Wildman–Crippen MR) is 158 cm³/mol. The third-order valence-electron chi connectivity index (χ3n) is 5.34. The molecule has 3 aromatic carbocycles. The van der Waals surface area contributed by atoms with Crippen LogP contribution in [0.4, 0.5) is 11.4 Å². The van der Waals surface area contributed by atoms with Gasteiger partial charge in [0.05, 0.1) is 21.3 Å². The smallest absolute Gasteiger partial charge is 0.264 e. The van der Waals surface area contributed by atoms with Crippen molar-refractivity contribution in [2.24, 2.45) is 4.99 Å². The molecule has 37 heavy (non-hydrogen) atoms. The zero-order valence-electron chi connectivity index (χ0n) is 20.2. The van der Waals surface area contributed by atoms with E-state index in [0.29, 0.717) is 38.0 Å². The van der Waals surface area contributed by atoms with Crippen LogP contribution in [0.5, 0.6) is 11.5 Å². The van der Waals surface area contributed by atoms with Gasteiger partial charge in [0.25, 0.3) is 11.8 Å². The van der Waals surface area contributed by atoms with Gasteiger partial charge >= 0.3 is 0 Å². The van der Waals surface area contributed by atoms with Crippen LogP contribution < -0.4 is 20.1 Å². The largest absolute Gasteiger partial charge is 0.493 e. The van der Waals surface area contributed by atoms with Crippen molar-refractivity contribution in [2.75, 3.05) is 19.0 Å². The van der Waals surface area contributed by atoms with E-state index in [0.717, 1.165) is 20.3 Å². The Bertz CT molecular complexity index is 1420. The fraction of sp³-hybridized carbons (Fsp3) is 0.148. The minimum atomic E-state index is -0.284. The first kappa shape index (κ1) is 27.0. The van der Waals surface area contributed by atoms with E-state index in [9.17, 15) is 9.59 Å². The number of nitrogens with zero attached hydrogens (tertiary/aromatic N) is 1. The lowest BCUT2D eigenvalue weighted by Gasteiger charge is -2.14. The van der Waals surface area contributed by atoms with Crippen molar-refractivity contribution < 1.29 is 19.1 Å². The van der Waals surface area contributed by atoms with Gasteiger partial charge in [0.1, 0.15) is 0 Å². The second-order valence-corrected chi connectivity index (χ2v) is 10.7. The highest BCUT2D eigenvalue weighted by Crippen LogP contribution is 2.36. The summed E-state index contributed by atoms with van der Waals surface area (Å²) >= 11 is 9.54. The molecule has 1 aliphatic rings. The number of aliphatic imine (C=N–C) groups is 1. The monoisotopic (exact) mass is 647 g/mol. The third kappa shape index (κ3) is 6.85. The van der Waals surface area contributed by atoms with Gasteiger partial charge in [0.2, 0.25) is 0 Å². The molecule has 1 saturated heterocycles.